The molecule has 2 amide bonds. The molecular formula is C14H19N3O3S. The maximum atomic E-state index is 11.8. The van der Waals surface area contributed by atoms with Crippen LogP contribution < -0.4 is 10.6 Å². The van der Waals surface area contributed by atoms with Gasteiger partial charge in [0.25, 0.3) is 0 Å². The Morgan fingerprint density at radius 3 is 3.00 bits per heavy atom. The molecule has 6 nitrogen and oxygen atoms in total. The summed E-state index contributed by atoms with van der Waals surface area (Å²) in [4.78, 5) is 17.1. The molecule has 2 aromatic rings. The molecule has 2 unspecified atom stereocenters. The second kappa shape index (κ2) is 7.24. The number of thiazole rings is 1. The smallest absolute Gasteiger partial charge is 0.321 e. The van der Waals surface area contributed by atoms with Crippen molar-refractivity contribution >= 4 is 22.5 Å². The van der Waals surface area contributed by atoms with Crippen LogP contribution in [0.5, 0.6) is 0 Å². The van der Waals surface area contributed by atoms with Crippen LogP contribution in [0.2, 0.25) is 0 Å². The average Bonchev–Trinajstić information content (AvgIpc) is 3.08. The van der Waals surface area contributed by atoms with E-state index in [4.69, 9.17) is 4.42 Å². The van der Waals surface area contributed by atoms with Gasteiger partial charge in [-0.2, -0.15) is 0 Å². The standard InChI is InChI=1S/C14H19N3O3S/c1-3-10-8-15-14(21-10)17-13(19)16-9(2)7-11(18)12-5-4-6-20-12/h4-6,8-9,11,18H,3,7H2,1-2H3,(H2,15,16,17,19). The van der Waals surface area contributed by atoms with Crippen molar-refractivity contribution in [1.29, 1.82) is 0 Å². The number of hydrogen-bond acceptors (Lipinski definition) is 5. The number of aliphatic hydroxyl groups is 1. The summed E-state index contributed by atoms with van der Waals surface area (Å²) >= 11 is 1.45. The van der Waals surface area contributed by atoms with Crippen LogP contribution in [0, 0.1) is 0 Å². The largest absolute Gasteiger partial charge is 0.467 e. The van der Waals surface area contributed by atoms with Gasteiger partial charge in [0.05, 0.1) is 6.26 Å². The predicted molar refractivity (Wildman–Crippen MR) is 81.4 cm³/mol. The van der Waals surface area contributed by atoms with Gasteiger partial charge in [-0.1, -0.05) is 6.92 Å². The molecule has 2 atom stereocenters. The average molecular weight is 309 g/mol. The summed E-state index contributed by atoms with van der Waals surface area (Å²) in [6.07, 6.45) is 3.80. The van der Waals surface area contributed by atoms with Crippen LogP contribution in [0.25, 0.3) is 0 Å². The molecule has 7 heteroatoms. The van der Waals surface area contributed by atoms with Crippen molar-refractivity contribution in [3.8, 4) is 0 Å². The molecule has 2 heterocycles. The Morgan fingerprint density at radius 1 is 1.57 bits per heavy atom. The van der Waals surface area contributed by atoms with Crippen molar-refractivity contribution in [2.45, 2.75) is 38.8 Å². The molecule has 21 heavy (non-hydrogen) atoms. The third-order valence-corrected chi connectivity index (χ3v) is 4.01. The molecule has 0 saturated heterocycles. The van der Waals surface area contributed by atoms with E-state index >= 15 is 0 Å². The molecule has 0 aliphatic carbocycles. The van der Waals surface area contributed by atoms with Gasteiger partial charge in [0.1, 0.15) is 11.9 Å². The highest BCUT2D eigenvalue weighted by molar-refractivity contribution is 7.15. The van der Waals surface area contributed by atoms with E-state index in [1.165, 1.54) is 17.6 Å². The van der Waals surface area contributed by atoms with Crippen LogP contribution in [0.1, 0.15) is 37.0 Å². The molecule has 3 N–H and O–H groups in total. The summed E-state index contributed by atoms with van der Waals surface area (Å²) in [5.74, 6) is 0.497. The zero-order valence-corrected chi connectivity index (χ0v) is 12.8. The number of rotatable bonds is 6. The molecule has 2 rings (SSSR count). The normalized spacial score (nSPS) is 13.7. The summed E-state index contributed by atoms with van der Waals surface area (Å²) in [6, 6.07) is 2.90. The van der Waals surface area contributed by atoms with Gasteiger partial charge in [0.2, 0.25) is 0 Å². The van der Waals surface area contributed by atoms with Crippen LogP contribution in [0.4, 0.5) is 9.93 Å². The highest BCUT2D eigenvalue weighted by atomic mass is 32.1. The zero-order chi connectivity index (χ0) is 15.2. The fraction of sp³-hybridized carbons (Fsp3) is 0.429. The summed E-state index contributed by atoms with van der Waals surface area (Å²) in [5, 5.41) is 16.0. The van der Waals surface area contributed by atoms with Gasteiger partial charge in [-0.3, -0.25) is 5.32 Å². The van der Waals surface area contributed by atoms with Crippen molar-refractivity contribution in [3.05, 3.63) is 35.2 Å². The first-order chi connectivity index (χ1) is 10.1. The van der Waals surface area contributed by atoms with Gasteiger partial charge in [0.15, 0.2) is 5.13 Å². The van der Waals surface area contributed by atoms with E-state index in [1.807, 2.05) is 13.8 Å². The zero-order valence-electron chi connectivity index (χ0n) is 12.0. The lowest BCUT2D eigenvalue weighted by Crippen LogP contribution is -2.36. The van der Waals surface area contributed by atoms with Crippen LogP contribution in [-0.2, 0) is 6.42 Å². The fourth-order valence-electron chi connectivity index (χ4n) is 1.88. The van der Waals surface area contributed by atoms with Gasteiger partial charge >= 0.3 is 6.03 Å². The first-order valence-electron chi connectivity index (χ1n) is 6.82. The Kier molecular flexibility index (Phi) is 5.35. The third-order valence-electron chi connectivity index (χ3n) is 2.95. The van der Waals surface area contributed by atoms with E-state index in [2.05, 4.69) is 15.6 Å². The van der Waals surface area contributed by atoms with Crippen LogP contribution in [0.3, 0.4) is 0 Å². The number of carbonyl (C=O) groups excluding carboxylic acids is 1. The first kappa shape index (κ1) is 15.5. The Morgan fingerprint density at radius 2 is 2.38 bits per heavy atom. The number of aliphatic hydroxyl groups excluding tert-OH is 1. The van der Waals surface area contributed by atoms with E-state index in [-0.39, 0.29) is 12.1 Å². The summed E-state index contributed by atoms with van der Waals surface area (Å²) in [7, 11) is 0. The number of anilines is 1. The first-order valence-corrected chi connectivity index (χ1v) is 7.63. The van der Waals surface area contributed by atoms with Crippen LogP contribution in [-0.4, -0.2) is 22.2 Å². The molecule has 0 spiro atoms. The predicted octanol–water partition coefficient (Wildman–Crippen LogP) is 2.93. The number of aromatic nitrogens is 1. The van der Waals surface area contributed by atoms with Crippen molar-refractivity contribution in [2.24, 2.45) is 0 Å². The second-order valence-electron chi connectivity index (χ2n) is 4.75. The Hall–Kier alpha value is -1.86. The molecule has 0 saturated carbocycles. The lowest BCUT2D eigenvalue weighted by Gasteiger charge is -2.16. The SMILES string of the molecule is CCc1cnc(NC(=O)NC(C)CC(O)c2ccco2)s1. The highest BCUT2D eigenvalue weighted by Gasteiger charge is 2.16. The monoisotopic (exact) mass is 309 g/mol. The third kappa shape index (κ3) is 4.57. The molecule has 0 fully saturated rings. The molecule has 0 aliphatic heterocycles. The number of furan rings is 1. The van der Waals surface area contributed by atoms with Crippen molar-refractivity contribution in [3.63, 3.8) is 0 Å². The number of urea groups is 1. The Balaban J connectivity index is 1.79. The molecule has 114 valence electrons. The van der Waals surface area contributed by atoms with E-state index in [0.29, 0.717) is 17.3 Å². The van der Waals surface area contributed by atoms with Gasteiger partial charge in [-0.05, 0) is 25.5 Å². The van der Waals surface area contributed by atoms with Crippen LogP contribution in [0.15, 0.2) is 29.0 Å². The maximum absolute atomic E-state index is 11.8. The van der Waals surface area contributed by atoms with Crippen molar-refractivity contribution < 1.29 is 14.3 Å². The number of amides is 2. The molecule has 0 aromatic carbocycles. The molecule has 2 aromatic heterocycles. The Labute approximate surface area is 127 Å². The highest BCUT2D eigenvalue weighted by Crippen LogP contribution is 2.19. The number of aryl methyl sites for hydroxylation is 1. The molecular weight excluding hydrogens is 290 g/mol. The van der Waals surface area contributed by atoms with Gasteiger partial charge in [-0.25, -0.2) is 9.78 Å². The van der Waals surface area contributed by atoms with Gasteiger partial charge < -0.3 is 14.8 Å². The maximum Gasteiger partial charge on any atom is 0.321 e. The van der Waals surface area contributed by atoms with E-state index in [1.54, 1.807) is 18.3 Å². The fourth-order valence-corrected chi connectivity index (χ4v) is 2.62. The summed E-state index contributed by atoms with van der Waals surface area (Å²) in [6.45, 7) is 3.86. The number of hydrogen-bond donors (Lipinski definition) is 3. The lowest BCUT2D eigenvalue weighted by molar-refractivity contribution is 0.130. The van der Waals surface area contributed by atoms with Crippen LogP contribution >= 0.6 is 11.3 Å². The van der Waals surface area contributed by atoms with Gasteiger partial charge in [0, 0.05) is 23.5 Å². The van der Waals surface area contributed by atoms with Gasteiger partial charge in [-0.15, -0.1) is 11.3 Å². The quantitative estimate of drug-likeness (QED) is 0.765. The summed E-state index contributed by atoms with van der Waals surface area (Å²) < 4.78 is 5.13. The minimum atomic E-state index is -0.734. The topological polar surface area (TPSA) is 87.4 Å². The van der Waals surface area contributed by atoms with E-state index < -0.39 is 6.10 Å². The minimum Gasteiger partial charge on any atom is -0.467 e. The number of carbonyl (C=O) groups is 1. The second-order valence-corrected chi connectivity index (χ2v) is 5.87. The van der Waals surface area contributed by atoms with E-state index in [0.717, 1.165) is 11.3 Å². The number of nitrogens with zero attached hydrogens (tertiary/aromatic N) is 1. The molecule has 0 bridgehead atoms. The molecule has 0 aliphatic rings. The van der Waals surface area contributed by atoms with E-state index in [9.17, 15) is 9.90 Å². The summed E-state index contributed by atoms with van der Waals surface area (Å²) in [5.41, 5.74) is 0. The molecule has 0 radical (unpaired) electrons. The Bertz CT molecular complexity index is 568. The van der Waals surface area contributed by atoms with Crippen molar-refractivity contribution in [2.75, 3.05) is 5.32 Å². The minimum absolute atomic E-state index is 0.198. The number of nitrogens with one attached hydrogen (secondary N) is 2. The van der Waals surface area contributed by atoms with Crippen molar-refractivity contribution in [1.82, 2.24) is 10.3 Å². The lowest BCUT2D eigenvalue weighted by atomic mass is 10.1.